The maximum absolute atomic E-state index is 13.0. The predicted molar refractivity (Wildman–Crippen MR) is 134 cm³/mol. The van der Waals surface area contributed by atoms with Crippen LogP contribution in [0.15, 0.2) is 70.1 Å². The van der Waals surface area contributed by atoms with Gasteiger partial charge >= 0.3 is 0 Å². The highest BCUT2D eigenvalue weighted by molar-refractivity contribution is 6.31. The number of nitrogens with zero attached hydrogens (tertiary/aromatic N) is 5. The van der Waals surface area contributed by atoms with Crippen molar-refractivity contribution < 1.29 is 4.42 Å². The first-order valence-electron chi connectivity index (χ1n) is 11.3. The molecule has 0 unspecified atom stereocenters. The molecule has 0 spiro atoms. The van der Waals surface area contributed by atoms with E-state index in [4.69, 9.17) is 16.0 Å². The van der Waals surface area contributed by atoms with E-state index in [0.717, 1.165) is 33.4 Å². The van der Waals surface area contributed by atoms with Gasteiger partial charge in [0.2, 0.25) is 0 Å². The van der Waals surface area contributed by atoms with Crippen LogP contribution in [-0.2, 0) is 26.2 Å². The van der Waals surface area contributed by atoms with Gasteiger partial charge in [0, 0.05) is 23.7 Å². The van der Waals surface area contributed by atoms with Gasteiger partial charge in [0.15, 0.2) is 5.82 Å². The van der Waals surface area contributed by atoms with Gasteiger partial charge in [0.25, 0.3) is 5.56 Å². The Morgan fingerprint density at radius 1 is 1.03 bits per heavy atom. The minimum atomic E-state index is -0.108. The van der Waals surface area contributed by atoms with Crippen LogP contribution in [0.3, 0.4) is 0 Å². The van der Waals surface area contributed by atoms with Gasteiger partial charge in [-0.25, -0.2) is 4.68 Å². The van der Waals surface area contributed by atoms with Gasteiger partial charge in [0.1, 0.15) is 12.3 Å². The molecule has 5 rings (SSSR count). The minimum Gasteiger partial charge on any atom is -0.467 e. The van der Waals surface area contributed by atoms with E-state index in [0.29, 0.717) is 42.6 Å². The number of hydrogen-bond donors (Lipinski definition) is 1. The molecule has 0 saturated heterocycles. The number of H-pyrrole nitrogens is 1. The maximum Gasteiger partial charge on any atom is 0.252 e. The lowest BCUT2D eigenvalue weighted by molar-refractivity contribution is 0.235. The largest absolute Gasteiger partial charge is 0.467 e. The second-order valence-electron chi connectivity index (χ2n) is 8.74. The Morgan fingerprint density at radius 3 is 2.66 bits per heavy atom. The van der Waals surface area contributed by atoms with Crippen LogP contribution < -0.4 is 5.56 Å². The van der Waals surface area contributed by atoms with Crippen molar-refractivity contribution in [1.29, 1.82) is 0 Å². The Kier molecular flexibility index (Phi) is 6.48. The van der Waals surface area contributed by atoms with Crippen molar-refractivity contribution in [2.45, 2.75) is 40.0 Å². The molecule has 0 saturated carbocycles. The van der Waals surface area contributed by atoms with Crippen LogP contribution in [0.25, 0.3) is 10.9 Å². The number of furan rings is 1. The molecule has 8 nitrogen and oxygen atoms in total. The number of nitrogens with one attached hydrogen (secondary N) is 1. The number of aromatic nitrogens is 5. The topological polar surface area (TPSA) is 92.8 Å². The summed E-state index contributed by atoms with van der Waals surface area (Å²) < 4.78 is 7.16. The van der Waals surface area contributed by atoms with Crippen molar-refractivity contribution in [3.8, 4) is 0 Å². The summed E-state index contributed by atoms with van der Waals surface area (Å²) in [5.41, 5.74) is 4.59. The Hall–Kier alpha value is -3.75. The molecular weight excluding hydrogens is 464 g/mol. The van der Waals surface area contributed by atoms with Crippen LogP contribution in [0.5, 0.6) is 0 Å². The van der Waals surface area contributed by atoms with Gasteiger partial charge in [-0.05, 0) is 71.1 Å². The summed E-state index contributed by atoms with van der Waals surface area (Å²) in [7, 11) is 0. The lowest BCUT2D eigenvalue weighted by Crippen LogP contribution is -2.28. The van der Waals surface area contributed by atoms with Crippen molar-refractivity contribution >= 4 is 22.5 Å². The van der Waals surface area contributed by atoms with E-state index < -0.39 is 0 Å². The highest BCUT2D eigenvalue weighted by Crippen LogP contribution is 2.22. The van der Waals surface area contributed by atoms with Crippen LogP contribution in [0.2, 0.25) is 5.02 Å². The van der Waals surface area contributed by atoms with Crippen molar-refractivity contribution in [1.82, 2.24) is 30.1 Å². The maximum atomic E-state index is 13.0. The summed E-state index contributed by atoms with van der Waals surface area (Å²) in [5, 5.41) is 13.9. The average molecular weight is 489 g/mol. The summed E-state index contributed by atoms with van der Waals surface area (Å²) in [6, 6.07) is 17.5. The van der Waals surface area contributed by atoms with E-state index in [1.165, 1.54) is 0 Å². The van der Waals surface area contributed by atoms with Crippen LogP contribution >= 0.6 is 11.6 Å². The van der Waals surface area contributed by atoms with Gasteiger partial charge in [-0.15, -0.1) is 5.10 Å². The van der Waals surface area contributed by atoms with E-state index in [1.807, 2.05) is 49.4 Å². The van der Waals surface area contributed by atoms with E-state index in [-0.39, 0.29) is 5.56 Å². The second kappa shape index (κ2) is 9.85. The molecule has 0 radical (unpaired) electrons. The third-order valence-corrected chi connectivity index (χ3v) is 6.34. The Morgan fingerprint density at radius 2 is 1.86 bits per heavy atom. The fourth-order valence-electron chi connectivity index (χ4n) is 4.34. The number of halogens is 1. The molecule has 35 heavy (non-hydrogen) atoms. The molecule has 178 valence electrons. The lowest BCUT2D eigenvalue weighted by Gasteiger charge is -2.22. The Labute approximate surface area is 207 Å². The third kappa shape index (κ3) is 5.18. The molecule has 0 bridgehead atoms. The van der Waals surface area contributed by atoms with Crippen LogP contribution in [0, 0.1) is 13.8 Å². The van der Waals surface area contributed by atoms with E-state index in [2.05, 4.69) is 44.5 Å². The first-order chi connectivity index (χ1) is 17.0. The summed E-state index contributed by atoms with van der Waals surface area (Å²) in [4.78, 5) is 18.2. The SMILES string of the molecule is Cc1cc(C)c2[nH]c(=O)c(CN(Cc3ccccc3Cl)Cc3nnnn3Cc3ccco3)cc2c1. The molecule has 0 amide bonds. The molecular formula is C26H25ClN6O2. The fourth-order valence-corrected chi connectivity index (χ4v) is 4.53. The number of rotatable bonds is 8. The Balaban J connectivity index is 1.48. The number of aromatic amines is 1. The Bertz CT molecular complexity index is 1520. The number of tetrazole rings is 1. The van der Waals surface area contributed by atoms with Crippen molar-refractivity contribution in [2.24, 2.45) is 0 Å². The molecule has 0 aliphatic rings. The molecule has 1 N–H and O–H groups in total. The highest BCUT2D eigenvalue weighted by atomic mass is 35.5. The number of hydrogen-bond acceptors (Lipinski definition) is 6. The smallest absolute Gasteiger partial charge is 0.252 e. The van der Waals surface area contributed by atoms with Crippen molar-refractivity contribution in [3.63, 3.8) is 0 Å². The zero-order valence-corrected chi connectivity index (χ0v) is 20.3. The first-order valence-corrected chi connectivity index (χ1v) is 11.7. The van der Waals surface area contributed by atoms with E-state index in [1.54, 1.807) is 10.9 Å². The number of pyridine rings is 1. The highest BCUT2D eigenvalue weighted by Gasteiger charge is 2.17. The van der Waals surface area contributed by atoms with Crippen LogP contribution in [0.4, 0.5) is 0 Å². The molecule has 0 atom stereocenters. The average Bonchev–Trinajstić information content (AvgIpc) is 3.49. The fraction of sp³-hybridized carbons (Fsp3) is 0.231. The first kappa shape index (κ1) is 23.0. The van der Waals surface area contributed by atoms with Gasteiger partial charge in [-0.3, -0.25) is 9.69 Å². The van der Waals surface area contributed by atoms with Gasteiger partial charge < -0.3 is 9.40 Å². The van der Waals surface area contributed by atoms with Crippen LogP contribution in [-0.4, -0.2) is 30.1 Å². The third-order valence-electron chi connectivity index (χ3n) is 5.97. The summed E-state index contributed by atoms with van der Waals surface area (Å²) in [6.45, 7) is 5.83. The van der Waals surface area contributed by atoms with Gasteiger partial charge in [-0.2, -0.15) is 0 Å². The molecule has 0 aliphatic heterocycles. The van der Waals surface area contributed by atoms with Gasteiger partial charge in [0.05, 0.1) is 18.3 Å². The monoisotopic (exact) mass is 488 g/mol. The molecule has 3 heterocycles. The summed E-state index contributed by atoms with van der Waals surface area (Å²) in [5.74, 6) is 1.42. The zero-order valence-electron chi connectivity index (χ0n) is 19.5. The van der Waals surface area contributed by atoms with Crippen molar-refractivity contribution in [2.75, 3.05) is 0 Å². The van der Waals surface area contributed by atoms with E-state index >= 15 is 0 Å². The number of fused-ring (bicyclic) bond motifs is 1. The molecule has 5 aromatic rings. The summed E-state index contributed by atoms with van der Waals surface area (Å²) in [6.07, 6.45) is 1.62. The minimum absolute atomic E-state index is 0.108. The predicted octanol–water partition coefficient (Wildman–Crippen LogP) is 4.63. The molecule has 0 aliphatic carbocycles. The van der Waals surface area contributed by atoms with Crippen LogP contribution in [0.1, 0.15) is 33.8 Å². The number of benzene rings is 2. The number of aryl methyl sites for hydroxylation is 2. The molecule has 2 aromatic carbocycles. The van der Waals surface area contributed by atoms with Gasteiger partial charge in [-0.1, -0.05) is 41.4 Å². The van der Waals surface area contributed by atoms with E-state index in [9.17, 15) is 4.79 Å². The molecule has 3 aromatic heterocycles. The molecule has 0 fully saturated rings. The normalized spacial score (nSPS) is 11.5. The zero-order chi connectivity index (χ0) is 24.4. The second-order valence-corrected chi connectivity index (χ2v) is 9.15. The van der Waals surface area contributed by atoms with Crippen molar-refractivity contribution in [3.05, 3.63) is 110 Å². The summed E-state index contributed by atoms with van der Waals surface area (Å²) >= 11 is 6.47. The standard InChI is InChI=1S/C26H25ClN6O2/c1-17-10-18(2)25-20(11-17)12-21(26(34)28-25)14-32(13-19-6-3-4-8-23(19)27)16-24-29-30-31-33(24)15-22-7-5-9-35-22/h3-12H,13-16H2,1-2H3,(H,28,34). The quantitative estimate of drug-likeness (QED) is 0.342. The lowest BCUT2D eigenvalue weighted by atomic mass is 10.0. The molecule has 9 heteroatoms.